The molecule has 8 heteroatoms. The van der Waals surface area contributed by atoms with E-state index in [2.05, 4.69) is 0 Å². The van der Waals surface area contributed by atoms with Crippen LogP contribution >= 0.6 is 35.0 Å². The van der Waals surface area contributed by atoms with Gasteiger partial charge in [0.2, 0.25) is 0 Å². The minimum atomic E-state index is -0.381. The van der Waals surface area contributed by atoms with Gasteiger partial charge in [0, 0.05) is 10.0 Å². The molecule has 4 rings (SSSR count). The van der Waals surface area contributed by atoms with Crippen molar-refractivity contribution in [1.29, 1.82) is 0 Å². The lowest BCUT2D eigenvalue weighted by Gasteiger charge is -2.13. The van der Waals surface area contributed by atoms with E-state index in [0.717, 1.165) is 27.8 Å². The van der Waals surface area contributed by atoms with Gasteiger partial charge in [0.05, 0.1) is 17.2 Å². The maximum atomic E-state index is 12.9. The molecule has 168 valence electrons. The quantitative estimate of drug-likeness (QED) is 0.321. The molecule has 0 radical (unpaired) electrons. The first-order valence-electron chi connectivity index (χ1n) is 10.1. The number of ether oxygens (including phenoxy) is 2. The number of thioether (sulfide) groups is 1. The summed E-state index contributed by atoms with van der Waals surface area (Å²) >= 11 is 12.7. The summed E-state index contributed by atoms with van der Waals surface area (Å²) in [5, 5.41) is 0.836. The van der Waals surface area contributed by atoms with E-state index < -0.39 is 0 Å². The van der Waals surface area contributed by atoms with Gasteiger partial charge in [-0.05, 0) is 84.4 Å². The summed E-state index contributed by atoms with van der Waals surface area (Å²) in [6.07, 6.45) is 1.67. The zero-order valence-electron chi connectivity index (χ0n) is 17.6. The van der Waals surface area contributed by atoms with Crippen LogP contribution in [0.2, 0.25) is 10.0 Å². The zero-order chi connectivity index (χ0) is 23.4. The smallest absolute Gasteiger partial charge is 0.298 e. The average molecular weight is 500 g/mol. The fourth-order valence-electron chi connectivity index (χ4n) is 3.18. The second kappa shape index (κ2) is 10.3. The van der Waals surface area contributed by atoms with Gasteiger partial charge < -0.3 is 9.47 Å². The fraction of sp³-hybridized carbons (Fsp3) is 0.120. The molecule has 0 aliphatic carbocycles. The molecular formula is C25H19Cl2NO4S. The van der Waals surface area contributed by atoms with Gasteiger partial charge in [0.1, 0.15) is 6.61 Å². The SMILES string of the molecule is CCOc1cc(/C=C2/SC(=O)N(c3ccc(Cl)cc3)C2=O)ccc1OCc1ccc(Cl)cc1. The van der Waals surface area contributed by atoms with Crippen LogP contribution in [0.4, 0.5) is 10.5 Å². The van der Waals surface area contributed by atoms with Crippen LogP contribution in [-0.4, -0.2) is 17.8 Å². The highest BCUT2D eigenvalue weighted by atomic mass is 35.5. The van der Waals surface area contributed by atoms with E-state index in [1.165, 1.54) is 0 Å². The predicted octanol–water partition coefficient (Wildman–Crippen LogP) is 7.21. The van der Waals surface area contributed by atoms with Gasteiger partial charge in [-0.15, -0.1) is 0 Å². The van der Waals surface area contributed by atoms with Crippen molar-refractivity contribution < 1.29 is 19.1 Å². The van der Waals surface area contributed by atoms with Crippen LogP contribution in [0, 0.1) is 0 Å². The van der Waals surface area contributed by atoms with Crippen LogP contribution in [0.5, 0.6) is 11.5 Å². The molecule has 0 unspecified atom stereocenters. The van der Waals surface area contributed by atoms with Gasteiger partial charge in [-0.3, -0.25) is 9.59 Å². The molecule has 0 atom stereocenters. The lowest BCUT2D eigenvalue weighted by atomic mass is 10.1. The number of halogens is 2. The minimum Gasteiger partial charge on any atom is -0.490 e. The van der Waals surface area contributed by atoms with Crippen molar-refractivity contribution in [3.63, 3.8) is 0 Å². The molecule has 0 spiro atoms. The van der Waals surface area contributed by atoms with E-state index in [1.54, 1.807) is 42.5 Å². The summed E-state index contributed by atoms with van der Waals surface area (Å²) in [4.78, 5) is 26.8. The third-order valence-corrected chi connectivity index (χ3v) is 6.13. The molecule has 1 aliphatic rings. The Kier molecular flexibility index (Phi) is 7.28. The minimum absolute atomic E-state index is 0.326. The first-order valence-corrected chi connectivity index (χ1v) is 11.7. The van der Waals surface area contributed by atoms with Crippen LogP contribution in [0.25, 0.3) is 6.08 Å². The van der Waals surface area contributed by atoms with Crippen molar-refractivity contribution >= 4 is 57.9 Å². The normalized spacial score (nSPS) is 14.8. The number of anilines is 1. The van der Waals surface area contributed by atoms with Crippen molar-refractivity contribution in [3.8, 4) is 11.5 Å². The number of carbonyl (C=O) groups is 2. The van der Waals surface area contributed by atoms with Gasteiger partial charge in [-0.2, -0.15) is 0 Å². The average Bonchev–Trinajstić information content (AvgIpc) is 3.08. The van der Waals surface area contributed by atoms with E-state index in [1.807, 2.05) is 37.3 Å². The van der Waals surface area contributed by atoms with E-state index in [-0.39, 0.29) is 11.1 Å². The molecule has 1 aliphatic heterocycles. The summed E-state index contributed by atoms with van der Waals surface area (Å²) in [7, 11) is 0. The van der Waals surface area contributed by atoms with Crippen LogP contribution in [0.15, 0.2) is 71.6 Å². The number of carbonyl (C=O) groups excluding carboxylic acids is 2. The highest BCUT2D eigenvalue weighted by molar-refractivity contribution is 8.19. The van der Waals surface area contributed by atoms with E-state index >= 15 is 0 Å². The molecular weight excluding hydrogens is 481 g/mol. The van der Waals surface area contributed by atoms with Gasteiger partial charge in [-0.25, -0.2) is 4.90 Å². The van der Waals surface area contributed by atoms with E-state index in [9.17, 15) is 9.59 Å². The van der Waals surface area contributed by atoms with Crippen LogP contribution in [0.1, 0.15) is 18.1 Å². The Morgan fingerprint density at radius 1 is 0.879 bits per heavy atom. The number of imide groups is 1. The Hall–Kier alpha value is -2.93. The van der Waals surface area contributed by atoms with E-state index in [0.29, 0.717) is 45.4 Å². The number of benzene rings is 3. The maximum Gasteiger partial charge on any atom is 0.298 e. The lowest BCUT2D eigenvalue weighted by Crippen LogP contribution is -2.27. The van der Waals surface area contributed by atoms with Crippen LogP contribution < -0.4 is 14.4 Å². The molecule has 0 saturated carbocycles. The molecule has 1 saturated heterocycles. The molecule has 1 fully saturated rings. The number of amides is 2. The second-order valence-electron chi connectivity index (χ2n) is 7.05. The Morgan fingerprint density at radius 3 is 2.21 bits per heavy atom. The summed E-state index contributed by atoms with van der Waals surface area (Å²) in [6.45, 7) is 2.69. The van der Waals surface area contributed by atoms with Gasteiger partial charge in [-0.1, -0.05) is 41.4 Å². The molecule has 0 aromatic heterocycles. The Morgan fingerprint density at radius 2 is 1.55 bits per heavy atom. The third-order valence-electron chi connectivity index (χ3n) is 4.75. The monoisotopic (exact) mass is 499 g/mol. The molecule has 0 bridgehead atoms. The Balaban J connectivity index is 1.54. The number of hydrogen-bond acceptors (Lipinski definition) is 5. The molecule has 3 aromatic rings. The standard InChI is InChI=1S/C25H19Cl2NO4S/c1-2-31-22-13-17(5-12-21(22)32-15-16-3-6-18(26)7-4-16)14-23-24(29)28(25(30)33-23)20-10-8-19(27)9-11-20/h3-14H,2,15H2,1H3/b23-14+. The summed E-state index contributed by atoms with van der Waals surface area (Å²) < 4.78 is 11.7. The lowest BCUT2D eigenvalue weighted by molar-refractivity contribution is -0.113. The molecule has 5 nitrogen and oxygen atoms in total. The highest BCUT2D eigenvalue weighted by Gasteiger charge is 2.36. The second-order valence-corrected chi connectivity index (χ2v) is 8.91. The summed E-state index contributed by atoms with van der Waals surface area (Å²) in [6, 6.07) is 19.4. The fourth-order valence-corrected chi connectivity index (χ4v) is 4.27. The Labute approximate surface area is 205 Å². The zero-order valence-corrected chi connectivity index (χ0v) is 19.9. The molecule has 1 heterocycles. The first-order chi connectivity index (χ1) is 15.9. The Bertz CT molecular complexity index is 1210. The number of rotatable bonds is 7. The summed E-state index contributed by atoms with van der Waals surface area (Å²) in [5.74, 6) is 0.753. The van der Waals surface area contributed by atoms with Crippen LogP contribution in [0.3, 0.4) is 0 Å². The third kappa shape index (κ3) is 5.53. The van der Waals surface area contributed by atoms with Gasteiger partial charge in [0.15, 0.2) is 11.5 Å². The topological polar surface area (TPSA) is 55.8 Å². The molecule has 2 amide bonds. The van der Waals surface area contributed by atoms with E-state index in [4.69, 9.17) is 32.7 Å². The highest BCUT2D eigenvalue weighted by Crippen LogP contribution is 2.37. The molecule has 3 aromatic carbocycles. The number of hydrogen-bond donors (Lipinski definition) is 0. The van der Waals surface area contributed by atoms with Crippen molar-refractivity contribution in [2.75, 3.05) is 11.5 Å². The van der Waals surface area contributed by atoms with Gasteiger partial charge in [0.25, 0.3) is 11.1 Å². The van der Waals surface area contributed by atoms with Crippen LogP contribution in [-0.2, 0) is 11.4 Å². The summed E-state index contributed by atoms with van der Waals surface area (Å²) in [5.41, 5.74) is 2.17. The van der Waals surface area contributed by atoms with Gasteiger partial charge >= 0.3 is 0 Å². The van der Waals surface area contributed by atoms with Crippen molar-refractivity contribution in [2.24, 2.45) is 0 Å². The first kappa shape index (κ1) is 23.2. The van der Waals surface area contributed by atoms with Crippen molar-refractivity contribution in [3.05, 3.63) is 92.8 Å². The largest absolute Gasteiger partial charge is 0.490 e. The predicted molar refractivity (Wildman–Crippen MR) is 133 cm³/mol. The molecule has 0 N–H and O–H groups in total. The molecule has 33 heavy (non-hydrogen) atoms. The van der Waals surface area contributed by atoms with Crippen molar-refractivity contribution in [1.82, 2.24) is 0 Å². The maximum absolute atomic E-state index is 12.9. The van der Waals surface area contributed by atoms with Crippen molar-refractivity contribution in [2.45, 2.75) is 13.5 Å². The number of nitrogens with zero attached hydrogens (tertiary/aromatic N) is 1.